The van der Waals surface area contributed by atoms with Gasteiger partial charge in [-0.2, -0.15) is 17.4 Å². The van der Waals surface area contributed by atoms with Crippen LogP contribution in [0.2, 0.25) is 0 Å². The van der Waals surface area contributed by atoms with Crippen molar-refractivity contribution < 1.29 is 18.3 Å². The molecule has 0 saturated carbocycles. The molecule has 0 amide bonds. The molecule has 2 N–H and O–H groups in total. The summed E-state index contributed by atoms with van der Waals surface area (Å²) in [5.74, 6) is -1.50. The molecular weight excluding hydrogens is 268 g/mol. The Bertz CT molecular complexity index is 397. The zero-order chi connectivity index (χ0) is 14.5. The first-order chi connectivity index (χ1) is 8.86. The van der Waals surface area contributed by atoms with Crippen molar-refractivity contribution in [3.8, 4) is 0 Å². The zero-order valence-electron chi connectivity index (χ0n) is 11.6. The number of rotatable bonds is 7. The summed E-state index contributed by atoms with van der Waals surface area (Å²) in [6.07, 6.45) is 3.94. The number of carboxylic acid groups (broad SMARTS) is 1. The Morgan fingerprint density at radius 1 is 1.53 bits per heavy atom. The summed E-state index contributed by atoms with van der Waals surface area (Å²) < 4.78 is 28.2. The van der Waals surface area contributed by atoms with Gasteiger partial charge in [-0.1, -0.05) is 19.8 Å². The fourth-order valence-corrected chi connectivity index (χ4v) is 3.78. The van der Waals surface area contributed by atoms with Crippen LogP contribution in [0.1, 0.15) is 46.0 Å². The number of aliphatic carboxylic acids is 1. The van der Waals surface area contributed by atoms with Crippen LogP contribution in [0.25, 0.3) is 0 Å². The van der Waals surface area contributed by atoms with Gasteiger partial charge in [0.25, 0.3) is 10.2 Å². The molecule has 1 saturated heterocycles. The molecule has 7 heteroatoms. The number of nitrogens with zero attached hydrogens (tertiary/aromatic N) is 1. The number of carboxylic acids is 1. The van der Waals surface area contributed by atoms with Gasteiger partial charge in [0.15, 0.2) is 0 Å². The summed E-state index contributed by atoms with van der Waals surface area (Å²) in [7, 11) is -3.56. The van der Waals surface area contributed by atoms with Crippen LogP contribution in [0.5, 0.6) is 0 Å². The molecule has 19 heavy (non-hydrogen) atoms. The summed E-state index contributed by atoms with van der Waals surface area (Å²) in [5.41, 5.74) is 0. The third kappa shape index (κ3) is 5.08. The van der Waals surface area contributed by atoms with Crippen LogP contribution in [-0.2, 0) is 15.0 Å². The first-order valence-electron chi connectivity index (χ1n) is 6.87. The van der Waals surface area contributed by atoms with Gasteiger partial charge >= 0.3 is 5.97 Å². The van der Waals surface area contributed by atoms with Gasteiger partial charge in [0, 0.05) is 19.1 Å². The molecule has 0 bridgehead atoms. The molecule has 1 aliphatic rings. The summed E-state index contributed by atoms with van der Waals surface area (Å²) in [4.78, 5) is 10.9. The van der Waals surface area contributed by atoms with Crippen LogP contribution in [0.15, 0.2) is 0 Å². The Morgan fingerprint density at radius 3 is 2.79 bits per heavy atom. The number of hydrogen-bond acceptors (Lipinski definition) is 3. The quantitative estimate of drug-likeness (QED) is 0.738. The van der Waals surface area contributed by atoms with Crippen molar-refractivity contribution in [2.24, 2.45) is 5.92 Å². The highest BCUT2D eigenvalue weighted by Gasteiger charge is 2.32. The molecule has 2 atom stereocenters. The van der Waals surface area contributed by atoms with E-state index in [1.54, 1.807) is 0 Å². The molecule has 2 unspecified atom stereocenters. The number of unbranched alkanes of at least 4 members (excludes halogenated alkanes) is 1. The van der Waals surface area contributed by atoms with Gasteiger partial charge in [-0.25, -0.2) is 0 Å². The van der Waals surface area contributed by atoms with E-state index in [0.29, 0.717) is 19.4 Å². The minimum atomic E-state index is -3.56. The average molecular weight is 292 g/mol. The molecule has 1 rings (SSSR count). The van der Waals surface area contributed by atoms with Gasteiger partial charge in [-0.3, -0.25) is 4.79 Å². The van der Waals surface area contributed by atoms with Crippen molar-refractivity contribution in [3.05, 3.63) is 0 Å². The van der Waals surface area contributed by atoms with Crippen molar-refractivity contribution in [1.82, 2.24) is 9.03 Å². The van der Waals surface area contributed by atoms with E-state index in [9.17, 15) is 13.2 Å². The fourth-order valence-electron chi connectivity index (χ4n) is 2.26. The molecule has 0 aromatic carbocycles. The lowest BCUT2D eigenvalue weighted by Gasteiger charge is -2.30. The first-order valence-corrected chi connectivity index (χ1v) is 8.31. The fraction of sp³-hybridized carbons (Fsp3) is 0.917. The predicted octanol–water partition coefficient (Wildman–Crippen LogP) is 1.20. The Labute approximate surface area is 115 Å². The maximum Gasteiger partial charge on any atom is 0.307 e. The van der Waals surface area contributed by atoms with E-state index in [4.69, 9.17) is 5.11 Å². The lowest BCUT2D eigenvalue weighted by atomic mass is 10.0. The Balaban J connectivity index is 2.58. The van der Waals surface area contributed by atoms with Crippen molar-refractivity contribution in [3.63, 3.8) is 0 Å². The van der Waals surface area contributed by atoms with Crippen LogP contribution < -0.4 is 4.72 Å². The highest BCUT2D eigenvalue weighted by molar-refractivity contribution is 7.87. The third-order valence-corrected chi connectivity index (χ3v) is 5.13. The molecule has 1 aliphatic heterocycles. The molecule has 6 nitrogen and oxygen atoms in total. The van der Waals surface area contributed by atoms with E-state index in [0.717, 1.165) is 19.3 Å². The number of hydrogen-bond donors (Lipinski definition) is 2. The first kappa shape index (κ1) is 16.4. The maximum atomic E-state index is 12.1. The third-order valence-electron chi connectivity index (χ3n) is 3.41. The molecule has 0 aliphatic carbocycles. The second-order valence-corrected chi connectivity index (χ2v) is 6.90. The van der Waals surface area contributed by atoms with Gasteiger partial charge in [0.1, 0.15) is 0 Å². The Hall–Kier alpha value is -0.660. The minimum absolute atomic E-state index is 0.0746. The average Bonchev–Trinajstić information content (AvgIpc) is 2.36. The predicted molar refractivity (Wildman–Crippen MR) is 73.0 cm³/mol. The van der Waals surface area contributed by atoms with Crippen molar-refractivity contribution in [2.75, 3.05) is 13.1 Å². The van der Waals surface area contributed by atoms with E-state index >= 15 is 0 Å². The second kappa shape index (κ2) is 7.21. The van der Waals surface area contributed by atoms with Gasteiger partial charge < -0.3 is 5.11 Å². The van der Waals surface area contributed by atoms with E-state index in [-0.39, 0.29) is 12.6 Å². The SMILES string of the molecule is CCCCC(C)NS(=O)(=O)N1CCCC(C(=O)O)C1. The maximum absolute atomic E-state index is 12.1. The number of nitrogens with one attached hydrogen (secondary N) is 1. The minimum Gasteiger partial charge on any atom is -0.481 e. The zero-order valence-corrected chi connectivity index (χ0v) is 12.4. The van der Waals surface area contributed by atoms with Gasteiger partial charge in [-0.15, -0.1) is 0 Å². The molecule has 1 heterocycles. The molecule has 112 valence electrons. The number of carbonyl (C=O) groups is 1. The molecule has 0 radical (unpaired) electrons. The van der Waals surface area contributed by atoms with Crippen LogP contribution in [0.3, 0.4) is 0 Å². The summed E-state index contributed by atoms with van der Waals surface area (Å²) in [5, 5.41) is 8.98. The van der Waals surface area contributed by atoms with Crippen LogP contribution in [0, 0.1) is 5.92 Å². The van der Waals surface area contributed by atoms with Crippen molar-refractivity contribution >= 4 is 16.2 Å². The highest BCUT2D eigenvalue weighted by atomic mass is 32.2. The van der Waals surface area contributed by atoms with E-state index in [1.807, 2.05) is 6.92 Å². The second-order valence-electron chi connectivity index (χ2n) is 5.20. The van der Waals surface area contributed by atoms with Crippen molar-refractivity contribution in [2.45, 2.75) is 52.0 Å². The molecule has 0 aromatic rings. The molecule has 0 spiro atoms. The van der Waals surface area contributed by atoms with E-state index < -0.39 is 22.1 Å². The molecule has 1 fully saturated rings. The van der Waals surface area contributed by atoms with E-state index in [2.05, 4.69) is 11.6 Å². The lowest BCUT2D eigenvalue weighted by molar-refractivity contribution is -0.142. The van der Waals surface area contributed by atoms with Crippen LogP contribution in [-0.4, -0.2) is 42.9 Å². The standard InChI is InChI=1S/C12H24N2O4S/c1-3-4-6-10(2)13-19(17,18)14-8-5-7-11(9-14)12(15)16/h10-11,13H,3-9H2,1-2H3,(H,15,16). The van der Waals surface area contributed by atoms with E-state index in [1.165, 1.54) is 4.31 Å². The summed E-state index contributed by atoms with van der Waals surface area (Å²) in [6.45, 7) is 4.37. The van der Waals surface area contributed by atoms with Gasteiger partial charge in [0.2, 0.25) is 0 Å². The monoisotopic (exact) mass is 292 g/mol. The van der Waals surface area contributed by atoms with Crippen LogP contribution >= 0.6 is 0 Å². The number of piperidine rings is 1. The smallest absolute Gasteiger partial charge is 0.307 e. The van der Waals surface area contributed by atoms with Crippen molar-refractivity contribution in [1.29, 1.82) is 0 Å². The topological polar surface area (TPSA) is 86.7 Å². The van der Waals surface area contributed by atoms with Gasteiger partial charge in [-0.05, 0) is 26.2 Å². The Morgan fingerprint density at radius 2 is 2.21 bits per heavy atom. The Kier molecular flexibility index (Phi) is 6.22. The molecular formula is C12H24N2O4S. The summed E-state index contributed by atoms with van der Waals surface area (Å²) in [6, 6.07) is -0.116. The largest absolute Gasteiger partial charge is 0.481 e. The molecule has 0 aromatic heterocycles. The summed E-state index contributed by atoms with van der Waals surface area (Å²) >= 11 is 0. The van der Waals surface area contributed by atoms with Gasteiger partial charge in [0.05, 0.1) is 5.92 Å². The normalized spacial score (nSPS) is 23.2. The lowest BCUT2D eigenvalue weighted by Crippen LogP contribution is -2.49. The van der Waals surface area contributed by atoms with Crippen LogP contribution in [0.4, 0.5) is 0 Å². The highest BCUT2D eigenvalue weighted by Crippen LogP contribution is 2.19.